The van der Waals surface area contributed by atoms with Crippen LogP contribution in [0, 0.1) is 6.92 Å². The molecule has 0 saturated heterocycles. The number of carbonyl (C=O) groups is 1. The van der Waals surface area contributed by atoms with Crippen LogP contribution >= 0.6 is 0 Å². The van der Waals surface area contributed by atoms with Gasteiger partial charge >= 0.3 is 0 Å². The van der Waals surface area contributed by atoms with Crippen molar-refractivity contribution in [2.24, 2.45) is 0 Å². The summed E-state index contributed by atoms with van der Waals surface area (Å²) in [5, 5.41) is 11.0. The molecule has 0 saturated carbocycles. The van der Waals surface area contributed by atoms with E-state index >= 15 is 0 Å². The summed E-state index contributed by atoms with van der Waals surface area (Å²) in [6.07, 6.45) is 1.51. The summed E-state index contributed by atoms with van der Waals surface area (Å²) in [4.78, 5) is 14.3. The van der Waals surface area contributed by atoms with Gasteiger partial charge in [0.2, 0.25) is 0 Å². The molecule has 3 aromatic rings. The van der Waals surface area contributed by atoms with E-state index in [1.54, 1.807) is 31.2 Å². The first-order valence-electron chi connectivity index (χ1n) is 7.81. The zero-order valence-electron chi connectivity index (χ0n) is 14.4. The third-order valence-corrected chi connectivity index (χ3v) is 3.92. The monoisotopic (exact) mass is 337 g/mol. The number of tetrazole rings is 1. The van der Waals surface area contributed by atoms with E-state index in [4.69, 9.17) is 4.74 Å². The molecule has 0 spiro atoms. The number of amides is 1. The molecule has 0 bridgehead atoms. The Labute approximate surface area is 145 Å². The second-order valence-corrected chi connectivity index (χ2v) is 5.78. The van der Waals surface area contributed by atoms with Crippen molar-refractivity contribution in [1.29, 1.82) is 0 Å². The average molecular weight is 337 g/mol. The quantitative estimate of drug-likeness (QED) is 0.714. The van der Waals surface area contributed by atoms with Crippen LogP contribution in [0.15, 0.2) is 48.8 Å². The maximum Gasteiger partial charge on any atom is 0.253 e. The van der Waals surface area contributed by atoms with Crippen LogP contribution in [0.2, 0.25) is 0 Å². The number of aryl methyl sites for hydroxylation is 1. The van der Waals surface area contributed by atoms with Crippen molar-refractivity contribution >= 4 is 5.91 Å². The van der Waals surface area contributed by atoms with Crippen LogP contribution in [-0.4, -0.2) is 45.2 Å². The maximum absolute atomic E-state index is 12.7. The van der Waals surface area contributed by atoms with Gasteiger partial charge in [0, 0.05) is 24.7 Å². The van der Waals surface area contributed by atoms with Crippen LogP contribution in [0.5, 0.6) is 5.75 Å². The number of hydrogen-bond acceptors (Lipinski definition) is 5. The fraction of sp³-hybridized carbons (Fsp3) is 0.222. The second-order valence-electron chi connectivity index (χ2n) is 5.78. The number of aromatic nitrogens is 4. The summed E-state index contributed by atoms with van der Waals surface area (Å²) in [5.74, 6) is 0.714. The highest BCUT2D eigenvalue weighted by Crippen LogP contribution is 2.21. The van der Waals surface area contributed by atoms with Gasteiger partial charge < -0.3 is 9.64 Å². The Hall–Kier alpha value is -3.22. The fourth-order valence-electron chi connectivity index (χ4n) is 2.61. The van der Waals surface area contributed by atoms with Gasteiger partial charge in [0.15, 0.2) is 0 Å². The van der Waals surface area contributed by atoms with Gasteiger partial charge in [-0.25, -0.2) is 4.68 Å². The van der Waals surface area contributed by atoms with Crippen molar-refractivity contribution in [2.45, 2.75) is 13.5 Å². The molecular formula is C18H19N5O2. The third kappa shape index (κ3) is 3.65. The van der Waals surface area contributed by atoms with Crippen LogP contribution in [0.1, 0.15) is 21.5 Å². The fourth-order valence-corrected chi connectivity index (χ4v) is 2.61. The molecule has 1 heterocycles. The Morgan fingerprint density at radius 3 is 2.60 bits per heavy atom. The normalized spacial score (nSPS) is 10.5. The van der Waals surface area contributed by atoms with Crippen LogP contribution in [0.3, 0.4) is 0 Å². The van der Waals surface area contributed by atoms with Crippen molar-refractivity contribution in [2.75, 3.05) is 14.2 Å². The van der Waals surface area contributed by atoms with Gasteiger partial charge in [-0.1, -0.05) is 17.7 Å². The van der Waals surface area contributed by atoms with Crippen molar-refractivity contribution < 1.29 is 9.53 Å². The van der Waals surface area contributed by atoms with Gasteiger partial charge in [0.1, 0.15) is 12.1 Å². The molecule has 128 valence electrons. The number of benzene rings is 2. The SMILES string of the molecule is COc1ccc(C)cc1CN(C)C(=O)c1ccc(-n2cnnn2)cc1. The van der Waals surface area contributed by atoms with E-state index in [9.17, 15) is 4.79 Å². The molecule has 1 aromatic heterocycles. The highest BCUT2D eigenvalue weighted by Gasteiger charge is 2.14. The van der Waals surface area contributed by atoms with Crippen LogP contribution in [0.4, 0.5) is 0 Å². The topological polar surface area (TPSA) is 73.1 Å². The molecule has 0 unspecified atom stereocenters. The van der Waals surface area contributed by atoms with E-state index in [1.165, 1.54) is 11.0 Å². The van der Waals surface area contributed by atoms with Crippen molar-refractivity contribution in [3.63, 3.8) is 0 Å². The molecular weight excluding hydrogens is 318 g/mol. The Morgan fingerprint density at radius 1 is 1.20 bits per heavy atom. The Morgan fingerprint density at radius 2 is 1.96 bits per heavy atom. The molecule has 0 atom stereocenters. The first-order chi connectivity index (χ1) is 12.1. The predicted molar refractivity (Wildman–Crippen MR) is 92.7 cm³/mol. The van der Waals surface area contributed by atoms with Crippen LogP contribution < -0.4 is 4.74 Å². The molecule has 3 rings (SSSR count). The Kier molecular flexibility index (Phi) is 4.74. The summed E-state index contributed by atoms with van der Waals surface area (Å²) in [7, 11) is 3.41. The number of methoxy groups -OCH3 is 1. The summed E-state index contributed by atoms with van der Waals surface area (Å²) in [6, 6.07) is 13.1. The van der Waals surface area contributed by atoms with Crippen molar-refractivity contribution in [1.82, 2.24) is 25.1 Å². The predicted octanol–water partition coefficient (Wildman–Crippen LogP) is 2.25. The lowest BCUT2D eigenvalue weighted by Crippen LogP contribution is -2.26. The summed E-state index contributed by atoms with van der Waals surface area (Å²) in [6.45, 7) is 2.49. The zero-order valence-corrected chi connectivity index (χ0v) is 14.4. The van der Waals surface area contributed by atoms with E-state index in [0.717, 1.165) is 22.6 Å². The summed E-state index contributed by atoms with van der Waals surface area (Å²) >= 11 is 0. The molecule has 0 radical (unpaired) electrons. The van der Waals surface area contributed by atoms with Gasteiger partial charge in [0.25, 0.3) is 5.91 Å². The molecule has 7 nitrogen and oxygen atoms in total. The molecule has 0 aliphatic carbocycles. The first-order valence-corrected chi connectivity index (χ1v) is 7.81. The smallest absolute Gasteiger partial charge is 0.253 e. The molecule has 1 amide bonds. The minimum absolute atomic E-state index is 0.0631. The lowest BCUT2D eigenvalue weighted by atomic mass is 10.1. The Bertz CT molecular complexity index is 860. The molecule has 0 aliphatic heterocycles. The third-order valence-electron chi connectivity index (χ3n) is 3.92. The zero-order chi connectivity index (χ0) is 17.8. The second kappa shape index (κ2) is 7.12. The van der Waals surface area contributed by atoms with Gasteiger partial charge in [-0.15, -0.1) is 5.10 Å². The molecule has 0 N–H and O–H groups in total. The molecule has 2 aromatic carbocycles. The number of ether oxygens (including phenoxy) is 1. The largest absolute Gasteiger partial charge is 0.496 e. The first kappa shape index (κ1) is 16.6. The van der Waals surface area contributed by atoms with Gasteiger partial charge in [-0.05, 0) is 47.7 Å². The van der Waals surface area contributed by atoms with Crippen molar-refractivity contribution in [3.05, 3.63) is 65.5 Å². The van der Waals surface area contributed by atoms with Crippen LogP contribution in [-0.2, 0) is 6.54 Å². The van der Waals surface area contributed by atoms with Crippen molar-refractivity contribution in [3.8, 4) is 11.4 Å². The average Bonchev–Trinajstić information content (AvgIpc) is 3.16. The minimum Gasteiger partial charge on any atom is -0.496 e. The summed E-state index contributed by atoms with van der Waals surface area (Å²) < 4.78 is 6.92. The highest BCUT2D eigenvalue weighted by molar-refractivity contribution is 5.94. The number of carbonyl (C=O) groups excluding carboxylic acids is 1. The lowest BCUT2D eigenvalue weighted by Gasteiger charge is -2.19. The van der Waals surface area contributed by atoms with Gasteiger partial charge in [-0.3, -0.25) is 4.79 Å². The maximum atomic E-state index is 12.7. The number of hydrogen-bond donors (Lipinski definition) is 0. The van der Waals surface area contributed by atoms with E-state index in [1.807, 2.05) is 37.3 Å². The number of nitrogens with zero attached hydrogens (tertiary/aromatic N) is 5. The molecule has 0 aliphatic rings. The van der Waals surface area contributed by atoms with E-state index in [-0.39, 0.29) is 5.91 Å². The standard InChI is InChI=1S/C18H19N5O2/c1-13-4-9-17(25-3)15(10-13)11-22(2)18(24)14-5-7-16(8-6-14)23-12-19-20-21-23/h4-10,12H,11H2,1-3H3. The summed E-state index contributed by atoms with van der Waals surface area (Å²) in [5.41, 5.74) is 3.50. The molecule has 7 heteroatoms. The van der Waals surface area contributed by atoms with E-state index < -0.39 is 0 Å². The molecule has 0 fully saturated rings. The van der Waals surface area contributed by atoms with E-state index in [2.05, 4.69) is 15.5 Å². The van der Waals surface area contributed by atoms with E-state index in [0.29, 0.717) is 12.1 Å². The van der Waals surface area contributed by atoms with Gasteiger partial charge in [0.05, 0.1) is 12.8 Å². The van der Waals surface area contributed by atoms with Gasteiger partial charge in [-0.2, -0.15) is 0 Å². The lowest BCUT2D eigenvalue weighted by molar-refractivity contribution is 0.0784. The number of rotatable bonds is 5. The van der Waals surface area contributed by atoms with Crippen LogP contribution in [0.25, 0.3) is 5.69 Å². The molecule has 25 heavy (non-hydrogen) atoms. The highest BCUT2D eigenvalue weighted by atomic mass is 16.5. The Balaban J connectivity index is 1.75. The minimum atomic E-state index is -0.0631.